The lowest BCUT2D eigenvalue weighted by molar-refractivity contribution is -0.121. The second-order valence-corrected chi connectivity index (χ2v) is 9.59. The summed E-state index contributed by atoms with van der Waals surface area (Å²) in [6, 6.07) is 14.9. The van der Waals surface area contributed by atoms with E-state index in [1.54, 1.807) is 30.3 Å². The number of hydrogen-bond donors (Lipinski definition) is 1. The average Bonchev–Trinajstić information content (AvgIpc) is 2.65. The fourth-order valence-electron chi connectivity index (χ4n) is 2.79. The fourth-order valence-corrected chi connectivity index (χ4v) is 4.53. The molecule has 2 aromatic rings. The molecule has 1 heterocycles. The molecule has 1 amide bonds. The lowest BCUT2D eigenvalue weighted by atomic mass is 10.2. The van der Waals surface area contributed by atoms with Crippen molar-refractivity contribution in [1.82, 2.24) is 5.43 Å². The minimum absolute atomic E-state index is 0.243. The first-order chi connectivity index (χ1) is 13.8. The number of anilines is 1. The summed E-state index contributed by atoms with van der Waals surface area (Å²) in [6.07, 6.45) is 2.81. The zero-order chi connectivity index (χ0) is 20.9. The van der Waals surface area contributed by atoms with Gasteiger partial charge in [0, 0.05) is 11.5 Å². The summed E-state index contributed by atoms with van der Waals surface area (Å²) in [6.45, 7) is 1.52. The van der Waals surface area contributed by atoms with Crippen LogP contribution in [0.3, 0.4) is 0 Å². The molecule has 1 aliphatic rings. The number of hydrazone groups is 1. The third-order valence-electron chi connectivity index (χ3n) is 4.26. The third-order valence-corrected chi connectivity index (χ3v) is 6.71. The number of hydrogen-bond acceptors (Lipinski definition) is 6. The molecule has 0 aliphatic carbocycles. The minimum Gasteiger partial charge on any atom is -0.489 e. The van der Waals surface area contributed by atoms with Gasteiger partial charge in [-0.1, -0.05) is 30.3 Å². The van der Waals surface area contributed by atoms with Gasteiger partial charge in [-0.05, 0) is 36.8 Å². The van der Waals surface area contributed by atoms with Crippen molar-refractivity contribution in [2.45, 2.75) is 19.1 Å². The fraction of sp³-hybridized carbons (Fsp3) is 0.300. The number of sulfonamides is 1. The number of para-hydroxylation sites is 1. The van der Waals surface area contributed by atoms with Crippen LogP contribution in [0.4, 0.5) is 5.69 Å². The van der Waals surface area contributed by atoms with Crippen LogP contribution in [0.25, 0.3) is 0 Å². The van der Waals surface area contributed by atoms with E-state index in [9.17, 15) is 13.2 Å². The van der Waals surface area contributed by atoms with E-state index in [0.717, 1.165) is 33.4 Å². The Morgan fingerprint density at radius 3 is 2.59 bits per heavy atom. The van der Waals surface area contributed by atoms with Crippen molar-refractivity contribution in [1.29, 1.82) is 0 Å². The van der Waals surface area contributed by atoms with Crippen LogP contribution in [0.1, 0.15) is 12.5 Å². The monoisotopic (exact) mass is 433 g/mol. The second kappa shape index (κ2) is 9.32. The van der Waals surface area contributed by atoms with Crippen LogP contribution in [-0.4, -0.2) is 50.4 Å². The lowest BCUT2D eigenvalue weighted by Gasteiger charge is -2.27. The molecule has 0 bridgehead atoms. The van der Waals surface area contributed by atoms with Crippen molar-refractivity contribution in [3.63, 3.8) is 0 Å². The molecule has 3 rings (SSSR count). The van der Waals surface area contributed by atoms with Gasteiger partial charge >= 0.3 is 0 Å². The maximum absolute atomic E-state index is 12.5. The van der Waals surface area contributed by atoms with Crippen LogP contribution in [0, 0.1) is 0 Å². The molecule has 7 nitrogen and oxygen atoms in total. The van der Waals surface area contributed by atoms with Crippen LogP contribution < -0.4 is 14.5 Å². The van der Waals surface area contributed by atoms with Gasteiger partial charge < -0.3 is 4.74 Å². The highest BCUT2D eigenvalue weighted by molar-refractivity contribution is 8.00. The van der Waals surface area contributed by atoms with Gasteiger partial charge in [0.25, 0.3) is 5.91 Å². The lowest BCUT2D eigenvalue weighted by Crippen LogP contribution is -2.46. The predicted octanol–water partition coefficient (Wildman–Crippen LogP) is 2.49. The molecule has 1 saturated heterocycles. The molecular formula is C20H23N3O4S2. The van der Waals surface area contributed by atoms with Crippen molar-refractivity contribution < 1.29 is 17.9 Å². The molecule has 1 fully saturated rings. The summed E-state index contributed by atoms with van der Waals surface area (Å²) in [7, 11) is -3.65. The Hall–Kier alpha value is -2.52. The molecule has 0 saturated carbocycles. The van der Waals surface area contributed by atoms with E-state index in [-0.39, 0.29) is 6.10 Å². The molecule has 0 spiro atoms. The van der Waals surface area contributed by atoms with Gasteiger partial charge in [-0.3, -0.25) is 9.10 Å². The summed E-state index contributed by atoms with van der Waals surface area (Å²) in [5.41, 5.74) is 3.60. The number of nitrogens with one attached hydrogen (secondary N) is 1. The summed E-state index contributed by atoms with van der Waals surface area (Å²) in [4.78, 5) is 12.5. The number of rotatable bonds is 8. The van der Waals surface area contributed by atoms with Gasteiger partial charge in [0.15, 0.2) is 0 Å². The molecule has 1 N–H and O–H groups in total. The Kier molecular flexibility index (Phi) is 6.81. The number of benzene rings is 2. The molecule has 1 aliphatic heterocycles. The average molecular weight is 434 g/mol. The summed E-state index contributed by atoms with van der Waals surface area (Å²) < 4.78 is 31.3. The first-order valence-corrected chi connectivity index (χ1v) is 12.1. The van der Waals surface area contributed by atoms with E-state index in [1.807, 2.05) is 36.0 Å². The Balaban J connectivity index is 1.65. The van der Waals surface area contributed by atoms with Gasteiger partial charge in [-0.25, -0.2) is 13.8 Å². The minimum atomic E-state index is -3.65. The van der Waals surface area contributed by atoms with E-state index in [2.05, 4.69) is 10.5 Å². The molecule has 154 valence electrons. The number of carbonyl (C=O) groups is 1. The molecule has 2 aromatic carbocycles. The maximum atomic E-state index is 12.5. The standard InChI is InChI=1S/C20H23N3O4S2/c1-15(23(29(2,25)26)17-8-4-3-5-9-17)20(24)22-21-12-16-7-6-10-18(11-16)27-19-13-28-14-19/h3-12,15,19H,13-14H2,1-2H3,(H,22,24)/b21-12-/t15-/m1/s1. The Morgan fingerprint density at radius 2 is 1.97 bits per heavy atom. The second-order valence-electron chi connectivity index (χ2n) is 6.65. The summed E-state index contributed by atoms with van der Waals surface area (Å²) in [5, 5.41) is 3.97. The van der Waals surface area contributed by atoms with Crippen LogP contribution in [0.5, 0.6) is 5.75 Å². The van der Waals surface area contributed by atoms with E-state index in [4.69, 9.17) is 4.74 Å². The third kappa shape index (κ3) is 5.74. The molecule has 0 unspecified atom stereocenters. The largest absolute Gasteiger partial charge is 0.489 e. The smallest absolute Gasteiger partial charge is 0.263 e. The van der Waals surface area contributed by atoms with Crippen LogP contribution in [0.15, 0.2) is 59.7 Å². The molecule has 0 radical (unpaired) electrons. The zero-order valence-electron chi connectivity index (χ0n) is 16.2. The number of thioether (sulfide) groups is 1. The Morgan fingerprint density at radius 1 is 1.24 bits per heavy atom. The Bertz CT molecular complexity index is 976. The van der Waals surface area contributed by atoms with E-state index in [0.29, 0.717) is 5.69 Å². The van der Waals surface area contributed by atoms with Gasteiger partial charge in [-0.2, -0.15) is 16.9 Å². The molecule has 29 heavy (non-hydrogen) atoms. The first kappa shape index (κ1) is 21.2. The van der Waals surface area contributed by atoms with Gasteiger partial charge in [0.1, 0.15) is 17.9 Å². The topological polar surface area (TPSA) is 88.1 Å². The van der Waals surface area contributed by atoms with Crippen LogP contribution >= 0.6 is 11.8 Å². The zero-order valence-corrected chi connectivity index (χ0v) is 17.8. The highest BCUT2D eigenvalue weighted by atomic mass is 32.2. The predicted molar refractivity (Wildman–Crippen MR) is 117 cm³/mol. The molecule has 1 atom stereocenters. The first-order valence-electron chi connectivity index (χ1n) is 9.06. The van der Waals surface area contributed by atoms with Crippen molar-refractivity contribution in [2.75, 3.05) is 22.1 Å². The number of nitrogens with zero attached hydrogens (tertiary/aromatic N) is 2. The SMILES string of the molecule is C[C@H](C(=O)N/N=C\c1cccc(OC2CSC2)c1)N(c1ccccc1)S(C)(=O)=O. The molecule has 9 heteroatoms. The van der Waals surface area contributed by atoms with E-state index < -0.39 is 22.0 Å². The number of carbonyl (C=O) groups excluding carboxylic acids is 1. The number of ether oxygens (including phenoxy) is 1. The van der Waals surface area contributed by atoms with Gasteiger partial charge in [0.05, 0.1) is 18.2 Å². The van der Waals surface area contributed by atoms with Gasteiger partial charge in [0.2, 0.25) is 10.0 Å². The van der Waals surface area contributed by atoms with E-state index in [1.165, 1.54) is 13.1 Å². The highest BCUT2D eigenvalue weighted by Gasteiger charge is 2.28. The van der Waals surface area contributed by atoms with Gasteiger partial charge in [-0.15, -0.1) is 0 Å². The Labute approximate surface area is 175 Å². The maximum Gasteiger partial charge on any atom is 0.263 e. The van der Waals surface area contributed by atoms with Crippen molar-refractivity contribution >= 4 is 39.6 Å². The summed E-state index contributed by atoms with van der Waals surface area (Å²) in [5.74, 6) is 2.20. The van der Waals surface area contributed by atoms with Crippen LogP contribution in [0.2, 0.25) is 0 Å². The summed E-state index contributed by atoms with van der Waals surface area (Å²) >= 11 is 1.85. The van der Waals surface area contributed by atoms with E-state index >= 15 is 0 Å². The number of amides is 1. The quantitative estimate of drug-likeness (QED) is 0.510. The normalized spacial score (nSPS) is 15.5. The molecule has 0 aromatic heterocycles. The van der Waals surface area contributed by atoms with Crippen LogP contribution in [-0.2, 0) is 14.8 Å². The van der Waals surface area contributed by atoms with Crippen molar-refractivity contribution in [2.24, 2.45) is 5.10 Å². The van der Waals surface area contributed by atoms with Crippen molar-refractivity contribution in [3.8, 4) is 5.75 Å². The highest BCUT2D eigenvalue weighted by Crippen LogP contribution is 2.24. The van der Waals surface area contributed by atoms with Crippen molar-refractivity contribution in [3.05, 3.63) is 60.2 Å². The molecular weight excluding hydrogens is 410 g/mol.